The van der Waals surface area contributed by atoms with Gasteiger partial charge in [-0.2, -0.15) is 0 Å². The van der Waals surface area contributed by atoms with Crippen molar-refractivity contribution in [2.45, 2.75) is 77.4 Å². The van der Waals surface area contributed by atoms with Gasteiger partial charge in [-0.05, 0) is 6.42 Å². The van der Waals surface area contributed by atoms with Crippen LogP contribution < -0.4 is 5.11 Å². The normalized spacial score (nSPS) is 13.6. The Balaban J connectivity index is 4.35. The standard InChI is InChI=1S/C21H39NO7/c1-6-7-8-9-10-11-12-20(24)29-18(16-28-17(2)23)15-27-14-13-19(21(25)26)22(3,4)5/h18-19H,6-16H2,1-5H3. The van der Waals surface area contributed by atoms with E-state index in [2.05, 4.69) is 6.92 Å². The molecule has 8 heteroatoms. The molecule has 0 radical (unpaired) electrons. The van der Waals surface area contributed by atoms with Gasteiger partial charge in [0.2, 0.25) is 0 Å². The maximum absolute atomic E-state index is 12.0. The third-order valence-electron chi connectivity index (χ3n) is 4.55. The number of hydrogen-bond donors (Lipinski definition) is 0. The molecule has 0 aliphatic carbocycles. The lowest BCUT2D eigenvalue weighted by molar-refractivity contribution is -0.889. The number of esters is 2. The molecule has 0 aromatic heterocycles. The topological polar surface area (TPSA) is 102 Å². The zero-order chi connectivity index (χ0) is 22.3. The summed E-state index contributed by atoms with van der Waals surface area (Å²) < 4.78 is 16.0. The van der Waals surface area contributed by atoms with E-state index in [1.807, 2.05) is 0 Å². The van der Waals surface area contributed by atoms with E-state index < -0.39 is 24.1 Å². The number of carbonyl (C=O) groups is 3. The molecule has 0 aromatic rings. The Labute approximate surface area is 175 Å². The van der Waals surface area contributed by atoms with Crippen LogP contribution in [0.2, 0.25) is 0 Å². The zero-order valence-corrected chi connectivity index (χ0v) is 18.7. The summed E-state index contributed by atoms with van der Waals surface area (Å²) in [5.41, 5.74) is 0. The van der Waals surface area contributed by atoms with Crippen LogP contribution >= 0.6 is 0 Å². The number of carboxylic acid groups (broad SMARTS) is 1. The van der Waals surface area contributed by atoms with Crippen LogP contribution in [0, 0.1) is 0 Å². The first-order valence-electron chi connectivity index (χ1n) is 10.5. The van der Waals surface area contributed by atoms with Crippen molar-refractivity contribution in [2.75, 3.05) is 41.0 Å². The average molecular weight is 418 g/mol. The van der Waals surface area contributed by atoms with Gasteiger partial charge in [0.1, 0.15) is 12.6 Å². The van der Waals surface area contributed by atoms with Gasteiger partial charge in [-0.25, -0.2) is 0 Å². The number of carboxylic acids is 1. The number of ether oxygens (including phenoxy) is 3. The van der Waals surface area contributed by atoms with Crippen molar-refractivity contribution in [1.82, 2.24) is 0 Å². The molecule has 29 heavy (non-hydrogen) atoms. The Morgan fingerprint density at radius 3 is 2.14 bits per heavy atom. The van der Waals surface area contributed by atoms with E-state index in [1.165, 1.54) is 26.2 Å². The van der Waals surface area contributed by atoms with Gasteiger partial charge >= 0.3 is 11.9 Å². The molecule has 0 aliphatic rings. The second-order valence-electron chi connectivity index (χ2n) is 8.25. The van der Waals surface area contributed by atoms with Crippen LogP contribution in [0.15, 0.2) is 0 Å². The maximum atomic E-state index is 12.0. The summed E-state index contributed by atoms with van der Waals surface area (Å²) in [7, 11) is 5.32. The molecule has 2 atom stereocenters. The highest BCUT2D eigenvalue weighted by molar-refractivity contribution is 5.70. The number of aliphatic carboxylic acids is 1. The molecule has 0 fully saturated rings. The lowest BCUT2D eigenvalue weighted by Crippen LogP contribution is -2.55. The number of quaternary nitrogens is 1. The predicted molar refractivity (Wildman–Crippen MR) is 107 cm³/mol. The minimum absolute atomic E-state index is 0.0342. The van der Waals surface area contributed by atoms with E-state index in [4.69, 9.17) is 14.2 Å². The first-order valence-corrected chi connectivity index (χ1v) is 10.5. The van der Waals surface area contributed by atoms with Gasteiger partial charge in [0.05, 0.1) is 40.3 Å². The van der Waals surface area contributed by atoms with Crippen LogP contribution in [0.4, 0.5) is 0 Å². The summed E-state index contributed by atoms with van der Waals surface area (Å²) >= 11 is 0. The van der Waals surface area contributed by atoms with E-state index >= 15 is 0 Å². The fourth-order valence-electron chi connectivity index (χ4n) is 2.85. The summed E-state index contributed by atoms with van der Waals surface area (Å²) in [6.45, 7) is 3.55. The van der Waals surface area contributed by atoms with Crippen molar-refractivity contribution in [3.8, 4) is 0 Å². The largest absolute Gasteiger partial charge is 0.544 e. The van der Waals surface area contributed by atoms with E-state index in [0.717, 1.165) is 19.3 Å². The van der Waals surface area contributed by atoms with Crippen molar-refractivity contribution in [3.05, 3.63) is 0 Å². The molecule has 0 N–H and O–H groups in total. The van der Waals surface area contributed by atoms with Crippen molar-refractivity contribution < 1.29 is 38.2 Å². The van der Waals surface area contributed by atoms with Crippen LogP contribution in [-0.4, -0.2) is 75.5 Å². The summed E-state index contributed by atoms with van der Waals surface area (Å²) in [6.07, 6.45) is 6.28. The molecule has 0 aliphatic heterocycles. The lowest BCUT2D eigenvalue weighted by atomic mass is 10.1. The van der Waals surface area contributed by atoms with E-state index in [0.29, 0.717) is 6.42 Å². The van der Waals surface area contributed by atoms with Crippen molar-refractivity contribution in [1.29, 1.82) is 0 Å². The van der Waals surface area contributed by atoms with Crippen LogP contribution in [0.3, 0.4) is 0 Å². The molecule has 0 rings (SSSR count). The lowest BCUT2D eigenvalue weighted by Gasteiger charge is -2.34. The van der Waals surface area contributed by atoms with Gasteiger partial charge < -0.3 is 28.6 Å². The molecule has 0 aromatic carbocycles. The molecule has 2 unspecified atom stereocenters. The number of hydrogen-bond acceptors (Lipinski definition) is 7. The zero-order valence-electron chi connectivity index (χ0n) is 18.7. The minimum atomic E-state index is -1.14. The van der Waals surface area contributed by atoms with Crippen LogP contribution in [-0.2, 0) is 28.6 Å². The first-order chi connectivity index (χ1) is 13.6. The smallest absolute Gasteiger partial charge is 0.306 e. The molecular formula is C21H39NO7. The average Bonchev–Trinajstić information content (AvgIpc) is 2.60. The Bertz CT molecular complexity index is 488. The van der Waals surface area contributed by atoms with Crippen LogP contribution in [0.25, 0.3) is 0 Å². The van der Waals surface area contributed by atoms with Crippen LogP contribution in [0.5, 0.6) is 0 Å². The van der Waals surface area contributed by atoms with Crippen LogP contribution in [0.1, 0.15) is 65.2 Å². The third kappa shape index (κ3) is 14.9. The molecule has 8 nitrogen and oxygen atoms in total. The molecular weight excluding hydrogens is 378 g/mol. The number of nitrogens with zero attached hydrogens (tertiary/aromatic N) is 1. The van der Waals surface area contributed by atoms with Crippen molar-refractivity contribution in [3.63, 3.8) is 0 Å². The number of carbonyl (C=O) groups excluding carboxylic acids is 3. The molecule has 0 amide bonds. The van der Waals surface area contributed by atoms with Gasteiger partial charge in [-0.3, -0.25) is 9.59 Å². The fourth-order valence-corrected chi connectivity index (χ4v) is 2.85. The Morgan fingerprint density at radius 2 is 1.59 bits per heavy atom. The molecule has 0 saturated heterocycles. The number of unbranched alkanes of at least 4 members (excludes halogenated alkanes) is 5. The summed E-state index contributed by atoms with van der Waals surface area (Å²) in [6, 6.07) is -0.711. The highest BCUT2D eigenvalue weighted by atomic mass is 16.6. The SMILES string of the molecule is CCCCCCCCC(=O)OC(COCCC(C(=O)[O-])[N+](C)(C)C)COC(C)=O. The highest BCUT2D eigenvalue weighted by Gasteiger charge is 2.25. The second kappa shape index (κ2) is 15.2. The molecule has 0 spiro atoms. The summed E-state index contributed by atoms with van der Waals surface area (Å²) in [5.74, 6) is -1.95. The van der Waals surface area contributed by atoms with Crippen molar-refractivity contribution >= 4 is 17.9 Å². The van der Waals surface area contributed by atoms with Gasteiger partial charge in [0, 0.05) is 19.8 Å². The van der Waals surface area contributed by atoms with E-state index in [9.17, 15) is 19.5 Å². The Kier molecular flexibility index (Phi) is 14.3. The summed E-state index contributed by atoms with van der Waals surface area (Å²) in [5, 5.41) is 11.3. The van der Waals surface area contributed by atoms with Gasteiger partial charge in [-0.1, -0.05) is 39.0 Å². The van der Waals surface area contributed by atoms with Gasteiger partial charge in [0.25, 0.3) is 0 Å². The molecule has 0 bridgehead atoms. The van der Waals surface area contributed by atoms with Gasteiger partial charge in [-0.15, -0.1) is 0 Å². The predicted octanol–water partition coefficient (Wildman–Crippen LogP) is 1.44. The molecule has 170 valence electrons. The number of likely N-dealkylation sites (N-methyl/N-ethyl adjacent to an activating group) is 1. The third-order valence-corrected chi connectivity index (χ3v) is 4.55. The van der Waals surface area contributed by atoms with E-state index in [1.54, 1.807) is 21.1 Å². The monoisotopic (exact) mass is 417 g/mol. The second-order valence-corrected chi connectivity index (χ2v) is 8.25. The Hall–Kier alpha value is -1.67. The highest BCUT2D eigenvalue weighted by Crippen LogP contribution is 2.10. The molecule has 0 heterocycles. The minimum Gasteiger partial charge on any atom is -0.544 e. The van der Waals surface area contributed by atoms with E-state index in [-0.39, 0.29) is 36.7 Å². The first kappa shape index (κ1) is 27.3. The molecule has 0 saturated carbocycles. The summed E-state index contributed by atoms with van der Waals surface area (Å²) in [4.78, 5) is 34.4. The fraction of sp³-hybridized carbons (Fsp3) is 0.857. The van der Waals surface area contributed by atoms with Gasteiger partial charge in [0.15, 0.2) is 6.10 Å². The Morgan fingerprint density at radius 1 is 0.966 bits per heavy atom. The quantitative estimate of drug-likeness (QED) is 0.200. The maximum Gasteiger partial charge on any atom is 0.306 e. The number of rotatable bonds is 17. The van der Waals surface area contributed by atoms with Crippen molar-refractivity contribution in [2.24, 2.45) is 0 Å².